The summed E-state index contributed by atoms with van der Waals surface area (Å²) in [7, 11) is 1.74. The molecule has 10 rings (SSSR count). The number of amides is 3. The van der Waals surface area contributed by atoms with Gasteiger partial charge < -0.3 is 44.5 Å². The van der Waals surface area contributed by atoms with E-state index in [2.05, 4.69) is 71.6 Å². The summed E-state index contributed by atoms with van der Waals surface area (Å²) in [5.41, 5.74) is -3.10. The Morgan fingerprint density at radius 2 is 1.14 bits per heavy atom. The number of anilines is 2. The predicted octanol–water partition coefficient (Wildman–Crippen LogP) is 5.72. The number of nitrogens with one attached hydrogen (secondary N) is 3. The maximum atomic E-state index is 16.6. The summed E-state index contributed by atoms with van der Waals surface area (Å²) in [5, 5.41) is 17.2. The molecule has 8 atom stereocenters. The van der Waals surface area contributed by atoms with Crippen LogP contribution in [0.3, 0.4) is 0 Å². The number of nitrogens with zero attached hydrogens (tertiary/aromatic N) is 9. The molecule has 6 aliphatic heterocycles. The highest BCUT2D eigenvalue weighted by atomic mass is 19.4. The molecule has 2 aromatic heterocycles. The molecule has 6 saturated heterocycles. The van der Waals surface area contributed by atoms with Crippen LogP contribution in [0.25, 0.3) is 11.1 Å². The van der Waals surface area contributed by atoms with Crippen LogP contribution in [-0.2, 0) is 46.3 Å². The standard InChI is InChI=1S/C62H74F8N12O9/c1-59(2,61(65,66)67)47(20-52(84)88-5)54(85)77-80(29-46-48(63)18-38(19-49(46)64)39-23-73-57(74-24-39)79-27-42-15-16-43(28-79)82(42)45-33-91-34-45)30-51(83)50(75-55(86)53(76-58(87)89-6)60(3,4)62(68,69)70)17-36-10-7-35(8-11-36)9-12-37-21-71-56(72-22-37)78-25-40-13-14-41(26-78)81(40)44-31-90-32-44/h7-8,10-11,18-19,21-24,40-45,47,50-51,53,83H,13-17,20,25-34H2,1-6H3,(H,75,86)(H,76,87)(H,77,85)/t40?,41?,42?,43?,47-,50+,51+,53-/m1/s1. The van der Waals surface area contributed by atoms with Gasteiger partial charge in [0, 0.05) is 105 Å². The van der Waals surface area contributed by atoms with E-state index in [4.69, 9.17) is 9.47 Å². The highest BCUT2D eigenvalue weighted by Gasteiger charge is 2.57. The van der Waals surface area contributed by atoms with Gasteiger partial charge in [0.1, 0.15) is 17.7 Å². The molecule has 6 aliphatic rings. The van der Waals surface area contributed by atoms with E-state index < -0.39 is 114 Å². The largest absolute Gasteiger partial charge is 0.469 e. The first-order valence-electron chi connectivity index (χ1n) is 30.1. The fraction of sp³-hybridized carbons (Fsp3) is 0.581. The number of hydrazine groups is 1. The molecule has 4 aromatic rings. The van der Waals surface area contributed by atoms with E-state index in [1.54, 1.807) is 24.5 Å². The fourth-order valence-electron chi connectivity index (χ4n) is 12.9. The van der Waals surface area contributed by atoms with E-state index in [9.17, 15) is 50.6 Å². The number of carbonyl (C=O) groups excluding carboxylic acids is 4. The SMILES string of the molecule is COC(=O)C[C@H](C(=O)NN(Cc1c(F)cc(-c2cnc(N3CC4CCC(C3)N4C3COC3)nc2)cc1F)C[C@H](O)[C@H](Cc1ccc(C#Cc2cnc(N3CC4CCC(C3)N4C3COC3)nc2)cc1)NC(=O)[C@@H](NC(=O)OC)C(C)(C)C(F)(F)F)C(C)(C)C(F)(F)F. The molecule has 2 aromatic carbocycles. The van der Waals surface area contributed by atoms with E-state index >= 15 is 8.78 Å². The summed E-state index contributed by atoms with van der Waals surface area (Å²) >= 11 is 0. The van der Waals surface area contributed by atoms with Crippen LogP contribution >= 0.6 is 0 Å². The van der Waals surface area contributed by atoms with Gasteiger partial charge in [-0.3, -0.25) is 29.6 Å². The van der Waals surface area contributed by atoms with Gasteiger partial charge in [-0.25, -0.2) is 38.5 Å². The fourth-order valence-corrected chi connectivity index (χ4v) is 12.9. The van der Waals surface area contributed by atoms with Crippen molar-refractivity contribution in [2.24, 2.45) is 16.7 Å². The van der Waals surface area contributed by atoms with Crippen molar-refractivity contribution < 1.29 is 78.4 Å². The zero-order valence-corrected chi connectivity index (χ0v) is 51.1. The van der Waals surface area contributed by atoms with Crippen molar-refractivity contribution >= 4 is 35.8 Å². The summed E-state index contributed by atoms with van der Waals surface area (Å²) in [6.45, 7) is 6.30. The quantitative estimate of drug-likeness (QED) is 0.0339. The Bertz CT molecular complexity index is 3280. The molecule has 0 saturated carbocycles. The number of carbonyl (C=O) groups is 4. The van der Waals surface area contributed by atoms with Crippen molar-refractivity contribution in [2.45, 2.75) is 140 Å². The molecule has 3 amide bonds. The third kappa shape index (κ3) is 14.6. The smallest absolute Gasteiger partial charge is 0.407 e. The van der Waals surface area contributed by atoms with Crippen LogP contribution in [0.15, 0.2) is 61.2 Å². The van der Waals surface area contributed by atoms with Gasteiger partial charge in [0.2, 0.25) is 23.7 Å². The van der Waals surface area contributed by atoms with E-state index in [1.165, 1.54) is 24.5 Å². The van der Waals surface area contributed by atoms with Crippen LogP contribution in [0.4, 0.5) is 51.8 Å². The van der Waals surface area contributed by atoms with Crippen molar-refractivity contribution in [3.63, 3.8) is 0 Å². The number of methoxy groups -OCH3 is 2. The molecule has 91 heavy (non-hydrogen) atoms. The summed E-state index contributed by atoms with van der Waals surface area (Å²) in [6, 6.07) is 6.08. The molecule has 0 radical (unpaired) electrons. The van der Waals surface area contributed by atoms with Crippen molar-refractivity contribution in [1.29, 1.82) is 0 Å². The maximum Gasteiger partial charge on any atom is 0.407 e. The number of benzene rings is 2. The molecule has 21 nitrogen and oxygen atoms in total. The minimum atomic E-state index is -5.15. The number of halogens is 8. The maximum absolute atomic E-state index is 16.6. The van der Waals surface area contributed by atoms with Gasteiger partial charge in [-0.1, -0.05) is 37.8 Å². The van der Waals surface area contributed by atoms with Gasteiger partial charge in [0.05, 0.1) is 93.6 Å². The van der Waals surface area contributed by atoms with E-state index in [-0.39, 0.29) is 23.2 Å². The van der Waals surface area contributed by atoms with Crippen LogP contribution in [0.1, 0.15) is 82.1 Å². The number of alkyl carbamates (subject to hydrolysis) is 1. The molecule has 0 aliphatic carbocycles. The van der Waals surface area contributed by atoms with Crippen molar-refractivity contribution in [1.82, 2.24) is 50.8 Å². The van der Waals surface area contributed by atoms with Crippen molar-refractivity contribution in [2.75, 3.05) is 83.2 Å². The van der Waals surface area contributed by atoms with Crippen LogP contribution < -0.4 is 25.9 Å². The third-order valence-corrected chi connectivity index (χ3v) is 18.7. The number of alkyl halides is 6. The van der Waals surface area contributed by atoms with Gasteiger partial charge in [-0.2, -0.15) is 26.3 Å². The average molecular weight is 1280 g/mol. The Morgan fingerprint density at radius 3 is 1.59 bits per heavy atom. The van der Waals surface area contributed by atoms with Gasteiger partial charge >= 0.3 is 24.4 Å². The Kier molecular flexibility index (Phi) is 19.8. The van der Waals surface area contributed by atoms with E-state index in [0.29, 0.717) is 112 Å². The van der Waals surface area contributed by atoms with Gasteiger partial charge in [-0.05, 0) is 81.3 Å². The third-order valence-electron chi connectivity index (χ3n) is 18.7. The topological polar surface area (TPSA) is 229 Å². The highest BCUT2D eigenvalue weighted by Crippen LogP contribution is 2.46. The second kappa shape index (κ2) is 27.1. The van der Waals surface area contributed by atoms with Crippen LogP contribution in [0.2, 0.25) is 0 Å². The lowest BCUT2D eigenvalue weighted by molar-refractivity contribution is -0.231. The first kappa shape index (κ1) is 66.6. The molecule has 8 heterocycles. The summed E-state index contributed by atoms with van der Waals surface area (Å²) in [4.78, 5) is 81.3. The van der Waals surface area contributed by atoms with E-state index in [0.717, 1.165) is 78.3 Å². The lowest BCUT2D eigenvalue weighted by Gasteiger charge is -2.47. The average Bonchev–Trinajstić information content (AvgIpc) is 1.75. The van der Waals surface area contributed by atoms with Crippen LogP contribution in [0, 0.1) is 40.2 Å². The zero-order valence-electron chi connectivity index (χ0n) is 51.1. The summed E-state index contributed by atoms with van der Waals surface area (Å²) in [5.74, 6) is -1.94. The van der Waals surface area contributed by atoms with Gasteiger partial charge in [-0.15, -0.1) is 0 Å². The molecule has 492 valence electrons. The molecule has 6 fully saturated rings. The number of fused-ring (bicyclic) bond motifs is 4. The summed E-state index contributed by atoms with van der Waals surface area (Å²) < 4.78 is 142. The number of hydrogen-bond donors (Lipinski definition) is 4. The number of hydrogen-bond acceptors (Lipinski definition) is 18. The normalized spacial score (nSPS) is 22.0. The molecular formula is C62H74F8N12O9. The first-order chi connectivity index (χ1) is 43.1. The number of ether oxygens (including phenoxy) is 4. The van der Waals surface area contributed by atoms with Crippen molar-refractivity contribution in [3.05, 3.63) is 95.1 Å². The number of aliphatic hydroxyl groups excluding tert-OH is 1. The lowest BCUT2D eigenvalue weighted by Crippen LogP contribution is -2.62. The lowest BCUT2D eigenvalue weighted by atomic mass is 9.75. The Balaban J connectivity index is 0.910. The number of rotatable bonds is 21. The minimum Gasteiger partial charge on any atom is -0.469 e. The minimum absolute atomic E-state index is 0.0211. The monoisotopic (exact) mass is 1280 g/mol. The predicted molar refractivity (Wildman–Crippen MR) is 312 cm³/mol. The Morgan fingerprint density at radius 1 is 0.659 bits per heavy atom. The van der Waals surface area contributed by atoms with Gasteiger partial charge in [0.25, 0.3) is 0 Å². The van der Waals surface area contributed by atoms with Gasteiger partial charge in [0.15, 0.2) is 0 Å². The molecular weight excluding hydrogens is 1210 g/mol. The Labute approximate surface area is 520 Å². The second-order valence-corrected chi connectivity index (χ2v) is 25.3. The molecule has 4 unspecified atom stereocenters. The second-order valence-electron chi connectivity index (χ2n) is 25.3. The zero-order chi connectivity index (χ0) is 65.3. The highest BCUT2D eigenvalue weighted by molar-refractivity contribution is 5.87. The molecule has 4 N–H and O–H groups in total. The number of piperazine rings is 2. The van der Waals surface area contributed by atoms with E-state index in [1.807, 2.05) is 5.32 Å². The summed E-state index contributed by atoms with van der Waals surface area (Å²) in [6.07, 6.45) is -5.15. The number of aromatic nitrogens is 4. The first-order valence-corrected chi connectivity index (χ1v) is 30.1. The number of esters is 1. The molecule has 0 spiro atoms. The molecule has 4 bridgehead atoms. The Hall–Kier alpha value is -7.36. The molecule has 29 heteroatoms. The van der Waals surface area contributed by atoms with Crippen LogP contribution in [-0.4, -0.2) is 204 Å². The van der Waals surface area contributed by atoms with Crippen LogP contribution in [0.5, 0.6) is 0 Å². The number of aliphatic hydroxyl groups is 1. The van der Waals surface area contributed by atoms with Crippen molar-refractivity contribution in [3.8, 4) is 23.0 Å².